The number of aromatic nitrogens is 2. The van der Waals surface area contributed by atoms with E-state index in [0.717, 1.165) is 12.8 Å². The zero-order valence-corrected chi connectivity index (χ0v) is 12.3. The van der Waals surface area contributed by atoms with Gasteiger partial charge in [-0.3, -0.25) is 4.79 Å². The molecule has 4 nitrogen and oxygen atoms in total. The van der Waals surface area contributed by atoms with Crippen LogP contribution in [0.25, 0.3) is 0 Å². The normalized spacial score (nSPS) is 12.8. The van der Waals surface area contributed by atoms with Crippen molar-refractivity contribution in [2.24, 2.45) is 5.92 Å². The SMILES string of the molecule is CCCn1ncc(NC(CC)C(C)C)c(Cl)c1=O. The fourth-order valence-electron chi connectivity index (χ4n) is 1.88. The van der Waals surface area contributed by atoms with Gasteiger partial charge >= 0.3 is 0 Å². The molecule has 0 amide bonds. The summed E-state index contributed by atoms with van der Waals surface area (Å²) < 4.78 is 1.41. The fourth-order valence-corrected chi connectivity index (χ4v) is 2.08. The molecule has 0 fully saturated rings. The summed E-state index contributed by atoms with van der Waals surface area (Å²) in [5, 5.41) is 7.67. The third-order valence-electron chi connectivity index (χ3n) is 3.01. The van der Waals surface area contributed by atoms with Gasteiger partial charge in [-0.25, -0.2) is 4.68 Å². The third-order valence-corrected chi connectivity index (χ3v) is 3.37. The monoisotopic (exact) mass is 271 g/mol. The first-order valence-electron chi connectivity index (χ1n) is 6.53. The molecule has 0 aromatic carbocycles. The molecule has 1 rings (SSSR count). The van der Waals surface area contributed by atoms with Crippen LogP contribution < -0.4 is 10.9 Å². The zero-order chi connectivity index (χ0) is 13.7. The summed E-state index contributed by atoms with van der Waals surface area (Å²) in [5.74, 6) is 0.476. The topological polar surface area (TPSA) is 46.9 Å². The molecule has 1 aromatic heterocycles. The Hall–Kier alpha value is -1.03. The molecule has 0 spiro atoms. The van der Waals surface area contributed by atoms with Gasteiger partial charge in [0.05, 0.1) is 11.9 Å². The lowest BCUT2D eigenvalue weighted by atomic mass is 10.0. The molecule has 1 N–H and O–H groups in total. The molecule has 1 heterocycles. The van der Waals surface area contributed by atoms with Crippen molar-refractivity contribution in [2.45, 2.75) is 53.1 Å². The Balaban J connectivity index is 2.98. The van der Waals surface area contributed by atoms with Crippen molar-refractivity contribution in [1.29, 1.82) is 0 Å². The second kappa shape index (κ2) is 6.78. The number of nitrogens with zero attached hydrogens (tertiary/aromatic N) is 2. The summed E-state index contributed by atoms with van der Waals surface area (Å²) in [7, 11) is 0. The fraction of sp³-hybridized carbons (Fsp3) is 0.692. The van der Waals surface area contributed by atoms with Crippen LogP contribution in [-0.2, 0) is 6.54 Å². The smallest absolute Gasteiger partial charge is 0.287 e. The van der Waals surface area contributed by atoms with Crippen molar-refractivity contribution in [3.8, 4) is 0 Å². The first kappa shape index (κ1) is 15.0. The number of nitrogens with one attached hydrogen (secondary N) is 1. The van der Waals surface area contributed by atoms with E-state index in [9.17, 15) is 4.79 Å². The quantitative estimate of drug-likeness (QED) is 0.865. The Labute approximate surface area is 113 Å². The molecule has 18 heavy (non-hydrogen) atoms. The van der Waals surface area contributed by atoms with E-state index in [1.54, 1.807) is 6.20 Å². The molecule has 0 aliphatic carbocycles. The molecule has 1 aromatic rings. The molecule has 5 heteroatoms. The van der Waals surface area contributed by atoms with E-state index in [1.807, 2.05) is 6.92 Å². The summed E-state index contributed by atoms with van der Waals surface area (Å²) >= 11 is 6.10. The summed E-state index contributed by atoms with van der Waals surface area (Å²) in [5.41, 5.74) is 0.414. The van der Waals surface area contributed by atoms with Gasteiger partial charge < -0.3 is 5.32 Å². The molecule has 0 aliphatic rings. The summed E-state index contributed by atoms with van der Waals surface area (Å²) in [6.45, 7) is 8.99. The Kier molecular flexibility index (Phi) is 5.66. The largest absolute Gasteiger partial charge is 0.379 e. The molecule has 0 bridgehead atoms. The summed E-state index contributed by atoms with van der Waals surface area (Å²) in [6.07, 6.45) is 3.48. The maximum absolute atomic E-state index is 11.9. The number of anilines is 1. The lowest BCUT2D eigenvalue weighted by Crippen LogP contribution is -2.28. The second-order valence-electron chi connectivity index (χ2n) is 4.80. The molecule has 0 aliphatic heterocycles. The first-order valence-corrected chi connectivity index (χ1v) is 6.91. The third kappa shape index (κ3) is 3.48. The lowest BCUT2D eigenvalue weighted by Gasteiger charge is -2.22. The minimum absolute atomic E-state index is 0.220. The van der Waals surface area contributed by atoms with Gasteiger partial charge in [0.1, 0.15) is 5.02 Å². The minimum atomic E-state index is -0.220. The van der Waals surface area contributed by atoms with Crippen molar-refractivity contribution in [1.82, 2.24) is 9.78 Å². The van der Waals surface area contributed by atoms with E-state index < -0.39 is 0 Å². The van der Waals surface area contributed by atoms with E-state index >= 15 is 0 Å². The van der Waals surface area contributed by atoms with Crippen molar-refractivity contribution in [3.05, 3.63) is 21.6 Å². The molecule has 0 saturated carbocycles. The van der Waals surface area contributed by atoms with Crippen LogP contribution in [-0.4, -0.2) is 15.8 Å². The van der Waals surface area contributed by atoms with Crippen LogP contribution in [0.5, 0.6) is 0 Å². The van der Waals surface area contributed by atoms with Gasteiger partial charge in [0.25, 0.3) is 5.56 Å². The van der Waals surface area contributed by atoms with Crippen molar-refractivity contribution >= 4 is 17.3 Å². The van der Waals surface area contributed by atoms with Crippen LogP contribution in [0.3, 0.4) is 0 Å². The number of hydrogen-bond donors (Lipinski definition) is 1. The van der Waals surface area contributed by atoms with E-state index in [2.05, 4.69) is 31.2 Å². The van der Waals surface area contributed by atoms with Crippen molar-refractivity contribution in [3.63, 3.8) is 0 Å². The number of rotatable bonds is 6. The van der Waals surface area contributed by atoms with Crippen molar-refractivity contribution < 1.29 is 0 Å². The Bertz CT molecular complexity index is 442. The second-order valence-corrected chi connectivity index (χ2v) is 5.18. The highest BCUT2D eigenvalue weighted by Gasteiger charge is 2.15. The number of hydrogen-bond acceptors (Lipinski definition) is 3. The molecule has 1 unspecified atom stereocenters. The maximum Gasteiger partial charge on any atom is 0.287 e. The standard InChI is InChI=1S/C13H22ClN3O/c1-5-7-17-13(18)12(14)11(8-15-17)16-10(6-2)9(3)4/h8-10,16H,5-7H2,1-4H3. The average Bonchev–Trinajstić information content (AvgIpc) is 2.34. The van der Waals surface area contributed by atoms with Crippen LogP contribution in [0, 0.1) is 5.92 Å². The number of aryl methyl sites for hydroxylation is 1. The maximum atomic E-state index is 11.9. The van der Waals surface area contributed by atoms with Gasteiger partial charge in [-0.2, -0.15) is 5.10 Å². The van der Waals surface area contributed by atoms with Gasteiger partial charge in [-0.15, -0.1) is 0 Å². The van der Waals surface area contributed by atoms with E-state index in [0.29, 0.717) is 24.2 Å². The van der Waals surface area contributed by atoms with Gasteiger partial charge in [0, 0.05) is 12.6 Å². The zero-order valence-electron chi connectivity index (χ0n) is 11.5. The van der Waals surface area contributed by atoms with Crippen molar-refractivity contribution in [2.75, 3.05) is 5.32 Å². The highest BCUT2D eigenvalue weighted by molar-refractivity contribution is 6.32. The van der Waals surface area contributed by atoms with Crippen LogP contribution in [0.15, 0.2) is 11.0 Å². The van der Waals surface area contributed by atoms with Crippen LogP contribution >= 0.6 is 11.6 Å². The molecular weight excluding hydrogens is 250 g/mol. The molecule has 102 valence electrons. The van der Waals surface area contributed by atoms with Gasteiger partial charge in [-0.05, 0) is 18.8 Å². The van der Waals surface area contributed by atoms with Gasteiger partial charge in [0.2, 0.25) is 0 Å². The highest BCUT2D eigenvalue weighted by atomic mass is 35.5. The Morgan fingerprint density at radius 2 is 2.11 bits per heavy atom. The predicted octanol–water partition coefficient (Wildman–Crippen LogP) is 3.15. The highest BCUT2D eigenvalue weighted by Crippen LogP contribution is 2.19. The van der Waals surface area contributed by atoms with E-state index in [-0.39, 0.29) is 10.6 Å². The first-order chi connectivity index (χ1) is 8.51. The van der Waals surface area contributed by atoms with E-state index in [1.165, 1.54) is 4.68 Å². The predicted molar refractivity (Wildman–Crippen MR) is 76.3 cm³/mol. The summed E-state index contributed by atoms with van der Waals surface area (Å²) in [4.78, 5) is 11.9. The van der Waals surface area contributed by atoms with Gasteiger partial charge in [-0.1, -0.05) is 39.3 Å². The van der Waals surface area contributed by atoms with Crippen LogP contribution in [0.4, 0.5) is 5.69 Å². The van der Waals surface area contributed by atoms with E-state index in [4.69, 9.17) is 11.6 Å². The molecule has 0 saturated heterocycles. The van der Waals surface area contributed by atoms with Gasteiger partial charge in [0.15, 0.2) is 0 Å². The molecule has 0 radical (unpaired) electrons. The molecular formula is C13H22ClN3O. The lowest BCUT2D eigenvalue weighted by molar-refractivity contribution is 0.509. The van der Waals surface area contributed by atoms with Crippen LogP contribution in [0.2, 0.25) is 5.02 Å². The summed E-state index contributed by atoms with van der Waals surface area (Å²) in [6, 6.07) is 0.297. The number of halogens is 1. The molecule has 1 atom stereocenters. The van der Waals surface area contributed by atoms with Crippen LogP contribution in [0.1, 0.15) is 40.5 Å². The average molecular weight is 272 g/mol. The minimum Gasteiger partial charge on any atom is -0.379 e. The Morgan fingerprint density at radius 3 is 2.61 bits per heavy atom. The Morgan fingerprint density at radius 1 is 1.44 bits per heavy atom.